The standard InChI is InChI=1S/C11H13FO/c1-8-4-5-9(12)6-10(8)11(2,3)7-13/h4-7H,1-3H3. The fourth-order valence-electron chi connectivity index (χ4n) is 1.35. The Balaban J connectivity index is 3.28. The number of hydrogen-bond donors (Lipinski definition) is 0. The van der Waals surface area contributed by atoms with Gasteiger partial charge < -0.3 is 4.79 Å². The summed E-state index contributed by atoms with van der Waals surface area (Å²) in [4.78, 5) is 10.8. The molecular formula is C11H13FO. The summed E-state index contributed by atoms with van der Waals surface area (Å²) < 4.78 is 12.9. The molecule has 0 spiro atoms. The molecule has 0 saturated carbocycles. The Labute approximate surface area is 77.6 Å². The first kappa shape index (κ1) is 9.90. The van der Waals surface area contributed by atoms with E-state index >= 15 is 0 Å². The van der Waals surface area contributed by atoms with Crippen molar-refractivity contribution in [2.24, 2.45) is 0 Å². The third-order valence-corrected chi connectivity index (χ3v) is 2.19. The van der Waals surface area contributed by atoms with Crippen LogP contribution in [0.2, 0.25) is 0 Å². The highest BCUT2D eigenvalue weighted by Gasteiger charge is 2.21. The van der Waals surface area contributed by atoms with Crippen LogP contribution in [0.3, 0.4) is 0 Å². The summed E-state index contributed by atoms with van der Waals surface area (Å²) in [6, 6.07) is 4.51. The number of aldehydes is 1. The number of rotatable bonds is 2. The molecule has 0 radical (unpaired) electrons. The van der Waals surface area contributed by atoms with Crippen LogP contribution in [0.1, 0.15) is 25.0 Å². The summed E-state index contributed by atoms with van der Waals surface area (Å²) >= 11 is 0. The largest absolute Gasteiger partial charge is 0.302 e. The van der Waals surface area contributed by atoms with Crippen LogP contribution in [-0.2, 0) is 10.2 Å². The number of aryl methyl sites for hydroxylation is 1. The number of hydrogen-bond acceptors (Lipinski definition) is 1. The van der Waals surface area contributed by atoms with E-state index < -0.39 is 5.41 Å². The SMILES string of the molecule is Cc1ccc(F)cc1C(C)(C)C=O. The molecule has 1 nitrogen and oxygen atoms in total. The molecule has 0 aliphatic heterocycles. The van der Waals surface area contributed by atoms with Gasteiger partial charge >= 0.3 is 0 Å². The topological polar surface area (TPSA) is 17.1 Å². The Morgan fingerprint density at radius 1 is 1.38 bits per heavy atom. The van der Waals surface area contributed by atoms with Gasteiger partial charge in [-0.1, -0.05) is 6.07 Å². The minimum Gasteiger partial charge on any atom is -0.302 e. The van der Waals surface area contributed by atoms with Crippen molar-refractivity contribution in [1.29, 1.82) is 0 Å². The highest BCUT2D eigenvalue weighted by molar-refractivity contribution is 5.68. The average molecular weight is 180 g/mol. The minimum absolute atomic E-state index is 0.296. The molecule has 2 heteroatoms. The predicted octanol–water partition coefficient (Wildman–Crippen LogP) is 2.61. The van der Waals surface area contributed by atoms with Gasteiger partial charge in [-0.3, -0.25) is 0 Å². The van der Waals surface area contributed by atoms with Gasteiger partial charge in [0.15, 0.2) is 0 Å². The summed E-state index contributed by atoms with van der Waals surface area (Å²) in [5, 5.41) is 0. The molecule has 70 valence electrons. The van der Waals surface area contributed by atoms with E-state index in [1.807, 2.05) is 6.92 Å². The normalized spacial score (nSPS) is 11.4. The zero-order chi connectivity index (χ0) is 10.1. The van der Waals surface area contributed by atoms with Gasteiger partial charge in [-0.25, -0.2) is 4.39 Å². The van der Waals surface area contributed by atoms with Gasteiger partial charge in [0.05, 0.1) is 0 Å². The van der Waals surface area contributed by atoms with Crippen LogP contribution in [0.15, 0.2) is 18.2 Å². The van der Waals surface area contributed by atoms with E-state index in [0.29, 0.717) is 0 Å². The molecule has 1 rings (SSSR count). The number of carbonyl (C=O) groups excluding carboxylic acids is 1. The molecule has 0 aliphatic rings. The van der Waals surface area contributed by atoms with E-state index in [-0.39, 0.29) is 5.82 Å². The molecular weight excluding hydrogens is 167 g/mol. The number of carbonyl (C=O) groups is 1. The van der Waals surface area contributed by atoms with Crippen molar-refractivity contribution in [1.82, 2.24) is 0 Å². The Bertz CT molecular complexity index is 329. The monoisotopic (exact) mass is 180 g/mol. The van der Waals surface area contributed by atoms with Gasteiger partial charge in [0.25, 0.3) is 0 Å². The lowest BCUT2D eigenvalue weighted by molar-refractivity contribution is -0.111. The lowest BCUT2D eigenvalue weighted by Crippen LogP contribution is -2.20. The quantitative estimate of drug-likeness (QED) is 0.639. The van der Waals surface area contributed by atoms with Crippen molar-refractivity contribution >= 4 is 6.29 Å². The first-order valence-electron chi connectivity index (χ1n) is 4.20. The highest BCUT2D eigenvalue weighted by Crippen LogP contribution is 2.24. The molecule has 0 fully saturated rings. The van der Waals surface area contributed by atoms with Gasteiger partial charge in [-0.05, 0) is 44.0 Å². The summed E-state index contributed by atoms with van der Waals surface area (Å²) in [6.07, 6.45) is 0.842. The molecule has 0 aromatic heterocycles. The number of benzene rings is 1. The molecule has 0 aliphatic carbocycles. The average Bonchev–Trinajstić information content (AvgIpc) is 2.09. The van der Waals surface area contributed by atoms with Crippen molar-refractivity contribution in [2.75, 3.05) is 0 Å². The number of halogens is 1. The van der Waals surface area contributed by atoms with Gasteiger partial charge in [0, 0.05) is 5.41 Å². The highest BCUT2D eigenvalue weighted by atomic mass is 19.1. The van der Waals surface area contributed by atoms with Crippen LogP contribution in [0, 0.1) is 12.7 Å². The lowest BCUT2D eigenvalue weighted by atomic mass is 9.83. The van der Waals surface area contributed by atoms with Crippen molar-refractivity contribution in [3.05, 3.63) is 35.1 Å². The van der Waals surface area contributed by atoms with Gasteiger partial charge in [0.2, 0.25) is 0 Å². The minimum atomic E-state index is -0.605. The van der Waals surface area contributed by atoms with E-state index in [9.17, 15) is 9.18 Å². The predicted molar refractivity (Wildman–Crippen MR) is 50.2 cm³/mol. The van der Waals surface area contributed by atoms with Crippen LogP contribution >= 0.6 is 0 Å². The van der Waals surface area contributed by atoms with Crippen molar-refractivity contribution in [3.63, 3.8) is 0 Å². The van der Waals surface area contributed by atoms with Gasteiger partial charge in [-0.2, -0.15) is 0 Å². The maximum atomic E-state index is 12.9. The molecule has 0 unspecified atom stereocenters. The third-order valence-electron chi connectivity index (χ3n) is 2.19. The first-order chi connectivity index (χ1) is 5.97. The van der Waals surface area contributed by atoms with E-state index in [0.717, 1.165) is 17.4 Å². The molecule has 0 heterocycles. The van der Waals surface area contributed by atoms with Crippen molar-refractivity contribution in [2.45, 2.75) is 26.2 Å². The fourth-order valence-corrected chi connectivity index (χ4v) is 1.35. The fraction of sp³-hybridized carbons (Fsp3) is 0.364. The second-order valence-electron chi connectivity index (χ2n) is 3.80. The summed E-state index contributed by atoms with van der Waals surface area (Å²) in [6.45, 7) is 5.43. The van der Waals surface area contributed by atoms with E-state index in [1.54, 1.807) is 19.9 Å². The van der Waals surface area contributed by atoms with Crippen LogP contribution < -0.4 is 0 Å². The van der Waals surface area contributed by atoms with Gasteiger partial charge in [-0.15, -0.1) is 0 Å². The van der Waals surface area contributed by atoms with Crippen molar-refractivity contribution in [3.8, 4) is 0 Å². The molecule has 0 bridgehead atoms. The smallest absolute Gasteiger partial charge is 0.129 e. The Morgan fingerprint density at radius 3 is 2.54 bits per heavy atom. The Morgan fingerprint density at radius 2 is 2.00 bits per heavy atom. The van der Waals surface area contributed by atoms with Gasteiger partial charge in [0.1, 0.15) is 12.1 Å². The molecule has 0 N–H and O–H groups in total. The van der Waals surface area contributed by atoms with E-state index in [2.05, 4.69) is 0 Å². The van der Waals surface area contributed by atoms with E-state index in [4.69, 9.17) is 0 Å². The maximum Gasteiger partial charge on any atom is 0.129 e. The lowest BCUT2D eigenvalue weighted by Gasteiger charge is -2.19. The van der Waals surface area contributed by atoms with Crippen molar-refractivity contribution < 1.29 is 9.18 Å². The first-order valence-corrected chi connectivity index (χ1v) is 4.20. The zero-order valence-corrected chi connectivity index (χ0v) is 8.10. The third kappa shape index (κ3) is 1.94. The summed E-state index contributed by atoms with van der Waals surface area (Å²) in [7, 11) is 0. The summed E-state index contributed by atoms with van der Waals surface area (Å²) in [5.74, 6) is -0.296. The van der Waals surface area contributed by atoms with Crippen LogP contribution in [0.25, 0.3) is 0 Å². The second kappa shape index (κ2) is 3.29. The second-order valence-corrected chi connectivity index (χ2v) is 3.80. The molecule has 0 amide bonds. The van der Waals surface area contributed by atoms with Crippen LogP contribution in [-0.4, -0.2) is 6.29 Å². The molecule has 0 saturated heterocycles. The molecule has 1 aromatic rings. The zero-order valence-electron chi connectivity index (χ0n) is 8.10. The molecule has 0 atom stereocenters. The Hall–Kier alpha value is -1.18. The summed E-state index contributed by atoms with van der Waals surface area (Å²) in [5.41, 5.74) is 1.09. The van der Waals surface area contributed by atoms with Crippen LogP contribution in [0.4, 0.5) is 4.39 Å². The maximum absolute atomic E-state index is 12.9. The van der Waals surface area contributed by atoms with Crippen LogP contribution in [0.5, 0.6) is 0 Å². The molecule has 1 aromatic carbocycles. The molecule has 13 heavy (non-hydrogen) atoms. The van der Waals surface area contributed by atoms with E-state index in [1.165, 1.54) is 12.1 Å². The Kier molecular flexibility index (Phi) is 2.50.